The van der Waals surface area contributed by atoms with Gasteiger partial charge in [0, 0.05) is 11.6 Å². The van der Waals surface area contributed by atoms with Crippen LogP contribution in [0.5, 0.6) is 5.75 Å². The van der Waals surface area contributed by atoms with Gasteiger partial charge in [-0.3, -0.25) is 9.59 Å². The first-order valence-electron chi connectivity index (χ1n) is 9.93. The van der Waals surface area contributed by atoms with Crippen molar-refractivity contribution in [3.05, 3.63) is 58.6 Å². The van der Waals surface area contributed by atoms with Crippen LogP contribution in [0.4, 0.5) is 0 Å². The quantitative estimate of drug-likeness (QED) is 0.475. The third kappa shape index (κ3) is 3.12. The van der Waals surface area contributed by atoms with Gasteiger partial charge in [0.25, 0.3) is 11.7 Å². The minimum atomic E-state index is -0.713. The molecule has 1 saturated heterocycles. The number of rotatable bonds is 4. The number of nitrogens with zero attached hydrogens (tertiary/aromatic N) is 1. The van der Waals surface area contributed by atoms with Gasteiger partial charge in [-0.1, -0.05) is 12.8 Å². The molecule has 1 aromatic carbocycles. The van der Waals surface area contributed by atoms with Crippen LogP contribution in [0.25, 0.3) is 5.76 Å². The lowest BCUT2D eigenvalue weighted by Gasteiger charge is -2.29. The predicted octanol–water partition coefficient (Wildman–Crippen LogP) is 4.27. The molecule has 2 heterocycles. The molecule has 1 unspecified atom stereocenters. The summed E-state index contributed by atoms with van der Waals surface area (Å²) in [6.45, 7) is 3.71. The Morgan fingerprint density at radius 1 is 1.17 bits per heavy atom. The van der Waals surface area contributed by atoms with E-state index in [1.54, 1.807) is 30.2 Å². The highest BCUT2D eigenvalue weighted by Gasteiger charge is 2.50. The van der Waals surface area contributed by atoms with Crippen molar-refractivity contribution in [2.75, 3.05) is 7.11 Å². The van der Waals surface area contributed by atoms with Crippen LogP contribution in [0.1, 0.15) is 54.2 Å². The largest absolute Gasteiger partial charge is 0.507 e. The zero-order valence-corrected chi connectivity index (χ0v) is 16.9. The Labute approximate surface area is 169 Å². The van der Waals surface area contributed by atoms with Gasteiger partial charge in [-0.25, -0.2) is 0 Å². The molecule has 4 rings (SSSR count). The zero-order valence-electron chi connectivity index (χ0n) is 16.9. The second-order valence-electron chi connectivity index (χ2n) is 7.80. The summed E-state index contributed by atoms with van der Waals surface area (Å²) in [5.41, 5.74) is 2.20. The molecule has 1 saturated carbocycles. The molecule has 1 N–H and O–H groups in total. The van der Waals surface area contributed by atoms with E-state index in [0.717, 1.165) is 36.8 Å². The number of benzene rings is 1. The first-order valence-corrected chi connectivity index (χ1v) is 9.93. The molecule has 2 aliphatic rings. The smallest absolute Gasteiger partial charge is 0.296 e. The highest BCUT2D eigenvalue weighted by molar-refractivity contribution is 6.46. The van der Waals surface area contributed by atoms with Gasteiger partial charge in [-0.05, 0) is 62.1 Å². The van der Waals surface area contributed by atoms with Crippen molar-refractivity contribution in [1.82, 2.24) is 4.90 Å². The lowest BCUT2D eigenvalue weighted by atomic mass is 9.95. The van der Waals surface area contributed by atoms with E-state index in [4.69, 9.17) is 9.15 Å². The number of ether oxygens (including phenoxy) is 1. The van der Waals surface area contributed by atoms with Crippen LogP contribution in [0.2, 0.25) is 0 Å². The number of aliphatic hydroxyl groups excluding tert-OH is 1. The molecule has 1 amide bonds. The van der Waals surface area contributed by atoms with Gasteiger partial charge in [-0.2, -0.15) is 0 Å². The first-order chi connectivity index (χ1) is 13.9. The van der Waals surface area contributed by atoms with Gasteiger partial charge < -0.3 is 19.2 Å². The Morgan fingerprint density at radius 2 is 1.90 bits per heavy atom. The van der Waals surface area contributed by atoms with Crippen molar-refractivity contribution in [2.45, 2.75) is 51.6 Å². The van der Waals surface area contributed by atoms with Gasteiger partial charge in [0.2, 0.25) is 0 Å². The maximum absolute atomic E-state index is 13.0. The molecule has 2 fully saturated rings. The highest BCUT2D eigenvalue weighted by atomic mass is 16.5. The fourth-order valence-electron chi connectivity index (χ4n) is 4.55. The van der Waals surface area contributed by atoms with Crippen LogP contribution >= 0.6 is 0 Å². The second kappa shape index (κ2) is 7.43. The molecule has 1 atom stereocenters. The number of ketones is 1. The van der Waals surface area contributed by atoms with Crippen LogP contribution in [-0.4, -0.2) is 34.8 Å². The lowest BCUT2D eigenvalue weighted by molar-refractivity contribution is -0.141. The predicted molar refractivity (Wildman–Crippen MR) is 108 cm³/mol. The number of aliphatic hydroxyl groups is 1. The second-order valence-corrected chi connectivity index (χ2v) is 7.80. The fourth-order valence-corrected chi connectivity index (χ4v) is 4.55. The molecule has 0 spiro atoms. The summed E-state index contributed by atoms with van der Waals surface area (Å²) in [5.74, 6) is -0.214. The first kappa shape index (κ1) is 19.3. The molecule has 0 radical (unpaired) electrons. The lowest BCUT2D eigenvalue weighted by Crippen LogP contribution is -2.37. The molecule has 1 aromatic heterocycles. The number of hydrogen-bond acceptors (Lipinski definition) is 5. The minimum absolute atomic E-state index is 0.0226. The van der Waals surface area contributed by atoms with E-state index in [9.17, 15) is 14.7 Å². The zero-order chi connectivity index (χ0) is 20.7. The molecule has 29 heavy (non-hydrogen) atoms. The molecular formula is C23H25NO5. The number of amides is 1. The van der Waals surface area contributed by atoms with Crippen LogP contribution in [-0.2, 0) is 9.59 Å². The Balaban J connectivity index is 1.89. The molecule has 1 aliphatic heterocycles. The summed E-state index contributed by atoms with van der Waals surface area (Å²) < 4.78 is 10.9. The maximum atomic E-state index is 13.0. The molecule has 1 aliphatic carbocycles. The highest BCUT2D eigenvalue weighted by Crippen LogP contribution is 2.44. The number of likely N-dealkylation sites (tertiary alicyclic amines) is 1. The number of aryl methyl sites for hydroxylation is 2. The van der Waals surface area contributed by atoms with E-state index in [1.165, 1.54) is 6.26 Å². The summed E-state index contributed by atoms with van der Waals surface area (Å²) in [6.07, 6.45) is 5.27. The third-order valence-corrected chi connectivity index (χ3v) is 6.01. The van der Waals surface area contributed by atoms with Crippen molar-refractivity contribution in [2.24, 2.45) is 0 Å². The van der Waals surface area contributed by atoms with Crippen LogP contribution < -0.4 is 4.74 Å². The summed E-state index contributed by atoms with van der Waals surface area (Å²) in [6, 6.07) is 6.34. The van der Waals surface area contributed by atoms with Gasteiger partial charge in [0.1, 0.15) is 23.3 Å². The van der Waals surface area contributed by atoms with E-state index < -0.39 is 17.7 Å². The third-order valence-electron chi connectivity index (χ3n) is 6.01. The summed E-state index contributed by atoms with van der Waals surface area (Å²) in [7, 11) is 1.59. The number of carbonyl (C=O) groups is 2. The number of furan rings is 1. The molecule has 0 bridgehead atoms. The number of Topliss-reactive ketones (excluding diaryl/α,β-unsaturated/α-hetero) is 1. The van der Waals surface area contributed by atoms with E-state index >= 15 is 0 Å². The standard InChI is InChI=1S/C23H25NO5/c1-13-12-18(28-3)14(2)11-16(13)21(25)19-20(17-9-6-10-29-17)24(23(27)22(19)26)15-7-4-5-8-15/h6,9-12,15,20,25H,4-5,7-8H2,1-3H3/b21-19-. The molecule has 6 heteroatoms. The van der Waals surface area contributed by atoms with E-state index in [0.29, 0.717) is 17.1 Å². The average Bonchev–Trinajstić information content (AvgIpc) is 3.45. The number of methoxy groups -OCH3 is 1. The van der Waals surface area contributed by atoms with Crippen LogP contribution in [0.15, 0.2) is 40.5 Å². The van der Waals surface area contributed by atoms with Gasteiger partial charge in [0.15, 0.2) is 0 Å². The molecular weight excluding hydrogens is 370 g/mol. The van der Waals surface area contributed by atoms with Crippen molar-refractivity contribution in [1.29, 1.82) is 0 Å². The summed E-state index contributed by atoms with van der Waals surface area (Å²) in [4.78, 5) is 27.6. The monoisotopic (exact) mass is 395 g/mol. The minimum Gasteiger partial charge on any atom is -0.507 e. The van der Waals surface area contributed by atoms with Crippen molar-refractivity contribution >= 4 is 17.4 Å². The maximum Gasteiger partial charge on any atom is 0.296 e. The van der Waals surface area contributed by atoms with Crippen LogP contribution in [0.3, 0.4) is 0 Å². The van der Waals surface area contributed by atoms with Crippen molar-refractivity contribution in [3.8, 4) is 5.75 Å². The van der Waals surface area contributed by atoms with Gasteiger partial charge >= 0.3 is 0 Å². The summed E-state index contributed by atoms with van der Waals surface area (Å²) in [5, 5.41) is 11.2. The number of carbonyl (C=O) groups excluding carboxylic acids is 2. The Morgan fingerprint density at radius 3 is 2.52 bits per heavy atom. The van der Waals surface area contributed by atoms with Gasteiger partial charge in [-0.15, -0.1) is 0 Å². The normalized spacial score (nSPS) is 21.9. The van der Waals surface area contributed by atoms with Crippen LogP contribution in [0, 0.1) is 13.8 Å². The molecule has 6 nitrogen and oxygen atoms in total. The van der Waals surface area contributed by atoms with E-state index in [1.807, 2.05) is 19.9 Å². The average molecular weight is 395 g/mol. The molecule has 2 aromatic rings. The molecule has 152 valence electrons. The van der Waals surface area contributed by atoms with E-state index in [2.05, 4.69) is 0 Å². The fraction of sp³-hybridized carbons (Fsp3) is 0.391. The van der Waals surface area contributed by atoms with Gasteiger partial charge in [0.05, 0.1) is 18.9 Å². The number of hydrogen-bond donors (Lipinski definition) is 1. The van der Waals surface area contributed by atoms with Crippen molar-refractivity contribution < 1.29 is 23.8 Å². The van der Waals surface area contributed by atoms with Crippen molar-refractivity contribution in [3.63, 3.8) is 0 Å². The summed E-state index contributed by atoms with van der Waals surface area (Å²) >= 11 is 0. The Kier molecular flexibility index (Phi) is 4.94. The topological polar surface area (TPSA) is 80.0 Å². The Hall–Kier alpha value is -3.02. The van der Waals surface area contributed by atoms with E-state index in [-0.39, 0.29) is 17.4 Å². The SMILES string of the molecule is COc1cc(C)c(/C(O)=C2/C(=O)C(=O)N(C3CCCC3)C2c2ccco2)cc1C. The Bertz CT molecular complexity index is 983.